The number of ketones is 1. The van der Waals surface area contributed by atoms with Crippen molar-refractivity contribution in [2.45, 2.75) is 88.7 Å². The largest absolute Gasteiger partial charge is 0.375 e. The van der Waals surface area contributed by atoms with Crippen molar-refractivity contribution in [1.82, 2.24) is 0 Å². The van der Waals surface area contributed by atoms with E-state index in [2.05, 4.69) is 6.92 Å². The Labute approximate surface area is 129 Å². The number of ether oxygens (including phenoxy) is 1. The number of Topliss-reactive ketones (excluding diaryl/α,β-unsaturated/α-hetero) is 1. The summed E-state index contributed by atoms with van der Waals surface area (Å²) in [6.07, 6.45) is 12.0. The van der Waals surface area contributed by atoms with Crippen molar-refractivity contribution >= 4 is 5.78 Å². The van der Waals surface area contributed by atoms with Gasteiger partial charge in [-0.1, -0.05) is 39.0 Å². The highest BCUT2D eigenvalue weighted by Gasteiger charge is 2.46. The molecule has 120 valence electrons. The molecule has 3 rings (SSSR count). The second-order valence-corrected chi connectivity index (χ2v) is 8.00. The van der Waals surface area contributed by atoms with Crippen molar-refractivity contribution in [2.24, 2.45) is 17.6 Å². The normalized spacial score (nSPS) is 40.1. The number of nitrogens with two attached hydrogens (primary N) is 1. The van der Waals surface area contributed by atoms with Gasteiger partial charge in [0, 0.05) is 12.5 Å². The molecule has 3 heteroatoms. The first kappa shape index (κ1) is 15.5. The fraction of sp³-hybridized carbons (Fsp3) is 0.944. The summed E-state index contributed by atoms with van der Waals surface area (Å²) in [5.74, 6) is 1.09. The number of rotatable bonds is 2. The van der Waals surface area contributed by atoms with Gasteiger partial charge in [0.05, 0.1) is 11.1 Å². The van der Waals surface area contributed by atoms with E-state index in [9.17, 15) is 4.79 Å². The summed E-state index contributed by atoms with van der Waals surface area (Å²) in [7, 11) is 0. The predicted molar refractivity (Wildman–Crippen MR) is 84.0 cm³/mol. The Morgan fingerprint density at radius 1 is 1.05 bits per heavy atom. The number of carbonyl (C=O) groups is 1. The van der Waals surface area contributed by atoms with Gasteiger partial charge in [-0.2, -0.15) is 0 Å². The summed E-state index contributed by atoms with van der Waals surface area (Å²) >= 11 is 0. The van der Waals surface area contributed by atoms with Crippen molar-refractivity contribution in [1.29, 1.82) is 0 Å². The molecule has 3 atom stereocenters. The molecule has 3 aliphatic rings. The van der Waals surface area contributed by atoms with E-state index in [4.69, 9.17) is 10.5 Å². The second kappa shape index (κ2) is 6.00. The molecule has 0 aromatic carbocycles. The van der Waals surface area contributed by atoms with E-state index in [-0.39, 0.29) is 11.5 Å². The van der Waals surface area contributed by atoms with Gasteiger partial charge in [-0.15, -0.1) is 0 Å². The lowest BCUT2D eigenvalue weighted by Crippen LogP contribution is -2.56. The molecule has 1 spiro atoms. The van der Waals surface area contributed by atoms with E-state index in [1.54, 1.807) is 0 Å². The van der Waals surface area contributed by atoms with Crippen molar-refractivity contribution in [3.05, 3.63) is 0 Å². The third-order valence-corrected chi connectivity index (χ3v) is 6.15. The minimum atomic E-state index is -0.546. The maximum absolute atomic E-state index is 13.1. The molecule has 21 heavy (non-hydrogen) atoms. The SMILES string of the molecule is CC1CCCC(N)(C(=O)C2CCOC3(CCCCC3)C2)C1. The molecule has 3 fully saturated rings. The molecule has 2 N–H and O–H groups in total. The molecule has 0 aromatic rings. The Morgan fingerprint density at radius 2 is 1.81 bits per heavy atom. The van der Waals surface area contributed by atoms with E-state index in [0.717, 1.165) is 51.6 Å². The van der Waals surface area contributed by atoms with Gasteiger partial charge in [-0.25, -0.2) is 0 Å². The van der Waals surface area contributed by atoms with Gasteiger partial charge in [0.1, 0.15) is 0 Å². The van der Waals surface area contributed by atoms with Crippen LogP contribution in [0.15, 0.2) is 0 Å². The minimum absolute atomic E-state index is 0.00741. The number of hydrogen-bond donors (Lipinski definition) is 1. The molecule has 0 radical (unpaired) electrons. The van der Waals surface area contributed by atoms with Crippen molar-refractivity contribution in [3.8, 4) is 0 Å². The van der Waals surface area contributed by atoms with E-state index in [1.807, 2.05) is 0 Å². The fourth-order valence-corrected chi connectivity index (χ4v) is 5.02. The summed E-state index contributed by atoms with van der Waals surface area (Å²) in [6, 6.07) is 0. The number of carbonyl (C=O) groups excluding carboxylic acids is 1. The van der Waals surface area contributed by atoms with Crippen LogP contribution < -0.4 is 5.73 Å². The van der Waals surface area contributed by atoms with Gasteiger partial charge in [0.2, 0.25) is 0 Å². The van der Waals surface area contributed by atoms with Gasteiger partial charge >= 0.3 is 0 Å². The lowest BCUT2D eigenvalue weighted by atomic mass is 9.67. The van der Waals surface area contributed by atoms with Crippen LogP contribution in [0.25, 0.3) is 0 Å². The predicted octanol–water partition coefficient (Wildman–Crippen LogP) is 3.59. The van der Waals surface area contributed by atoms with Crippen LogP contribution in [0.5, 0.6) is 0 Å². The Morgan fingerprint density at radius 3 is 2.52 bits per heavy atom. The van der Waals surface area contributed by atoms with Gasteiger partial charge < -0.3 is 10.5 Å². The molecule has 3 unspecified atom stereocenters. The smallest absolute Gasteiger partial charge is 0.155 e. The van der Waals surface area contributed by atoms with Gasteiger partial charge in [-0.3, -0.25) is 4.79 Å². The summed E-state index contributed by atoms with van der Waals surface area (Å²) in [5, 5.41) is 0. The average molecular weight is 293 g/mol. The van der Waals surface area contributed by atoms with E-state index in [1.165, 1.54) is 25.7 Å². The summed E-state index contributed by atoms with van der Waals surface area (Å²) in [6.45, 7) is 2.99. The van der Waals surface area contributed by atoms with E-state index < -0.39 is 5.54 Å². The first-order chi connectivity index (χ1) is 10.0. The third-order valence-electron chi connectivity index (χ3n) is 6.15. The van der Waals surface area contributed by atoms with Crippen LogP contribution in [-0.4, -0.2) is 23.5 Å². The zero-order valence-corrected chi connectivity index (χ0v) is 13.5. The molecular formula is C18H31NO2. The van der Waals surface area contributed by atoms with Crippen LogP contribution in [0.3, 0.4) is 0 Å². The molecule has 3 nitrogen and oxygen atoms in total. The highest BCUT2D eigenvalue weighted by atomic mass is 16.5. The Bertz CT molecular complexity index is 383. The summed E-state index contributed by atoms with van der Waals surface area (Å²) in [4.78, 5) is 13.1. The fourth-order valence-electron chi connectivity index (χ4n) is 5.02. The summed E-state index contributed by atoms with van der Waals surface area (Å²) in [5.41, 5.74) is 6.01. The molecule has 2 saturated carbocycles. The van der Waals surface area contributed by atoms with Crippen LogP contribution in [0.1, 0.15) is 77.6 Å². The number of hydrogen-bond acceptors (Lipinski definition) is 3. The molecular weight excluding hydrogens is 262 g/mol. The first-order valence-electron chi connectivity index (χ1n) is 9.00. The topological polar surface area (TPSA) is 52.3 Å². The average Bonchev–Trinajstić information content (AvgIpc) is 2.47. The van der Waals surface area contributed by atoms with Crippen LogP contribution in [0, 0.1) is 11.8 Å². The Hall–Kier alpha value is -0.410. The van der Waals surface area contributed by atoms with Gasteiger partial charge in [0.25, 0.3) is 0 Å². The lowest BCUT2D eigenvalue weighted by Gasteiger charge is -2.45. The Balaban J connectivity index is 1.69. The molecule has 0 bridgehead atoms. The third kappa shape index (κ3) is 3.19. The van der Waals surface area contributed by atoms with Crippen LogP contribution in [-0.2, 0) is 9.53 Å². The van der Waals surface area contributed by atoms with Crippen LogP contribution >= 0.6 is 0 Å². The molecule has 1 aliphatic heterocycles. The van der Waals surface area contributed by atoms with Crippen LogP contribution in [0.2, 0.25) is 0 Å². The van der Waals surface area contributed by atoms with E-state index >= 15 is 0 Å². The molecule has 0 aromatic heterocycles. The molecule has 2 aliphatic carbocycles. The summed E-state index contributed by atoms with van der Waals surface area (Å²) < 4.78 is 6.14. The zero-order valence-electron chi connectivity index (χ0n) is 13.5. The van der Waals surface area contributed by atoms with Crippen molar-refractivity contribution in [2.75, 3.05) is 6.61 Å². The monoisotopic (exact) mass is 293 g/mol. The highest BCUT2D eigenvalue weighted by molar-refractivity contribution is 5.90. The van der Waals surface area contributed by atoms with Crippen LogP contribution in [0.4, 0.5) is 0 Å². The van der Waals surface area contributed by atoms with Crippen molar-refractivity contribution in [3.63, 3.8) is 0 Å². The molecule has 1 saturated heterocycles. The highest BCUT2D eigenvalue weighted by Crippen LogP contribution is 2.43. The van der Waals surface area contributed by atoms with Crippen molar-refractivity contribution < 1.29 is 9.53 Å². The maximum atomic E-state index is 13.1. The molecule has 1 heterocycles. The standard InChI is InChI=1S/C18H31NO2/c1-14-6-5-10-18(19,12-14)16(20)15-7-11-21-17(13-15)8-3-2-4-9-17/h14-15H,2-13,19H2,1H3. The Kier molecular flexibility index (Phi) is 4.42. The second-order valence-electron chi connectivity index (χ2n) is 8.00. The minimum Gasteiger partial charge on any atom is -0.375 e. The zero-order chi connectivity index (χ0) is 14.9. The quantitative estimate of drug-likeness (QED) is 0.846. The maximum Gasteiger partial charge on any atom is 0.155 e. The van der Waals surface area contributed by atoms with E-state index in [0.29, 0.717) is 11.7 Å². The first-order valence-corrected chi connectivity index (χ1v) is 9.00. The lowest BCUT2D eigenvalue weighted by molar-refractivity contribution is -0.148. The van der Waals surface area contributed by atoms with Gasteiger partial charge in [0.15, 0.2) is 5.78 Å². The molecule has 0 amide bonds. The van der Waals surface area contributed by atoms with Gasteiger partial charge in [-0.05, 0) is 44.4 Å².